The highest BCUT2D eigenvalue weighted by Crippen LogP contribution is 2.23. The molecule has 0 fully saturated rings. The van der Waals surface area contributed by atoms with E-state index in [1.54, 1.807) is 11.8 Å². The zero-order valence-corrected chi connectivity index (χ0v) is 9.05. The van der Waals surface area contributed by atoms with Crippen molar-refractivity contribution in [2.24, 2.45) is 5.73 Å². The lowest BCUT2D eigenvalue weighted by atomic mass is 10.1. The molecule has 0 spiro atoms. The van der Waals surface area contributed by atoms with E-state index in [2.05, 4.69) is 30.3 Å². The molecule has 3 N–H and O–H groups in total. The van der Waals surface area contributed by atoms with Gasteiger partial charge in [-0.05, 0) is 22.9 Å². The Kier molecular flexibility index (Phi) is 2.92. The number of amidine groups is 1. The highest BCUT2D eigenvalue weighted by molar-refractivity contribution is 8.00. The Bertz CT molecular complexity index is 494. The molecule has 2 aromatic carbocycles. The predicted molar refractivity (Wildman–Crippen MR) is 66.6 cm³/mol. The Hall–Kier alpha value is -1.48. The molecular formula is C12H12N2S. The summed E-state index contributed by atoms with van der Waals surface area (Å²) in [7, 11) is 0. The molecule has 0 aliphatic carbocycles. The molecule has 0 saturated carbocycles. The maximum Gasteiger partial charge on any atom is 0.101 e. The van der Waals surface area contributed by atoms with E-state index in [0.29, 0.717) is 5.75 Å². The molecule has 0 unspecified atom stereocenters. The van der Waals surface area contributed by atoms with E-state index in [1.165, 1.54) is 10.8 Å². The number of nitrogens with one attached hydrogen (secondary N) is 1. The van der Waals surface area contributed by atoms with Crippen LogP contribution in [0.3, 0.4) is 0 Å². The van der Waals surface area contributed by atoms with Crippen LogP contribution in [0.25, 0.3) is 10.8 Å². The summed E-state index contributed by atoms with van der Waals surface area (Å²) in [6, 6.07) is 14.5. The van der Waals surface area contributed by atoms with Gasteiger partial charge in [0.15, 0.2) is 0 Å². The highest BCUT2D eigenvalue weighted by Gasteiger charge is 1.97. The van der Waals surface area contributed by atoms with E-state index in [1.807, 2.05) is 12.1 Å². The molecule has 76 valence electrons. The zero-order valence-electron chi connectivity index (χ0n) is 8.23. The molecule has 0 amide bonds. The minimum Gasteiger partial charge on any atom is -0.387 e. The summed E-state index contributed by atoms with van der Waals surface area (Å²) in [5.74, 6) is 0.770. The van der Waals surface area contributed by atoms with Gasteiger partial charge in [-0.3, -0.25) is 5.41 Å². The second-order valence-electron chi connectivity index (χ2n) is 3.32. The van der Waals surface area contributed by atoms with Crippen LogP contribution in [0.4, 0.5) is 0 Å². The SMILES string of the molecule is N=C(N)CSc1ccc2ccccc2c1. The van der Waals surface area contributed by atoms with Crippen molar-refractivity contribution in [2.45, 2.75) is 4.90 Å². The van der Waals surface area contributed by atoms with Crippen molar-refractivity contribution in [1.82, 2.24) is 0 Å². The molecule has 2 aromatic rings. The van der Waals surface area contributed by atoms with Gasteiger partial charge in [-0.25, -0.2) is 0 Å². The summed E-state index contributed by atoms with van der Waals surface area (Å²) in [5, 5.41) is 9.63. The van der Waals surface area contributed by atoms with Crippen molar-refractivity contribution >= 4 is 28.4 Å². The van der Waals surface area contributed by atoms with Crippen LogP contribution in [-0.2, 0) is 0 Å². The van der Waals surface area contributed by atoms with E-state index in [-0.39, 0.29) is 5.84 Å². The van der Waals surface area contributed by atoms with Gasteiger partial charge in [-0.2, -0.15) is 0 Å². The van der Waals surface area contributed by atoms with Crippen LogP contribution in [0.15, 0.2) is 47.4 Å². The Balaban J connectivity index is 2.26. The number of fused-ring (bicyclic) bond motifs is 1. The third kappa shape index (κ3) is 2.50. The maximum atomic E-state index is 7.16. The Morgan fingerprint density at radius 1 is 1.13 bits per heavy atom. The molecule has 2 nitrogen and oxygen atoms in total. The quantitative estimate of drug-likeness (QED) is 0.471. The minimum atomic E-state index is 0.216. The van der Waals surface area contributed by atoms with E-state index in [9.17, 15) is 0 Å². The standard InChI is InChI=1S/C12H12N2S/c13-12(14)8-15-11-6-5-9-3-1-2-4-10(9)7-11/h1-7H,8H2,(H3,13,14). The molecule has 0 bridgehead atoms. The van der Waals surface area contributed by atoms with Crippen molar-refractivity contribution in [3.8, 4) is 0 Å². The average Bonchev–Trinajstić information content (AvgIpc) is 2.26. The molecule has 2 rings (SSSR count). The third-order valence-corrected chi connectivity index (χ3v) is 3.16. The zero-order chi connectivity index (χ0) is 10.7. The number of hydrogen-bond donors (Lipinski definition) is 2. The Labute approximate surface area is 93.0 Å². The van der Waals surface area contributed by atoms with Gasteiger partial charge >= 0.3 is 0 Å². The van der Waals surface area contributed by atoms with Gasteiger partial charge in [0.25, 0.3) is 0 Å². The summed E-state index contributed by atoms with van der Waals surface area (Å²) in [6.45, 7) is 0. The fraction of sp³-hybridized carbons (Fsp3) is 0.0833. The predicted octanol–water partition coefficient (Wildman–Crippen LogP) is 2.87. The van der Waals surface area contributed by atoms with Gasteiger partial charge in [0.05, 0.1) is 5.75 Å². The molecule has 0 aliphatic heterocycles. The lowest BCUT2D eigenvalue weighted by Gasteiger charge is -2.02. The lowest BCUT2D eigenvalue weighted by Crippen LogP contribution is -2.11. The first-order valence-electron chi connectivity index (χ1n) is 4.70. The van der Waals surface area contributed by atoms with Crippen LogP contribution < -0.4 is 5.73 Å². The number of thioether (sulfide) groups is 1. The van der Waals surface area contributed by atoms with Gasteiger partial charge in [0.2, 0.25) is 0 Å². The third-order valence-electron chi connectivity index (χ3n) is 2.12. The summed E-state index contributed by atoms with van der Waals surface area (Å²) in [4.78, 5) is 1.16. The second-order valence-corrected chi connectivity index (χ2v) is 4.37. The number of hydrogen-bond acceptors (Lipinski definition) is 2. The van der Waals surface area contributed by atoms with E-state index < -0.39 is 0 Å². The van der Waals surface area contributed by atoms with Crippen molar-refractivity contribution in [3.05, 3.63) is 42.5 Å². The first-order valence-corrected chi connectivity index (χ1v) is 5.69. The summed E-state index contributed by atoms with van der Waals surface area (Å²) in [5.41, 5.74) is 5.32. The molecule has 0 atom stereocenters. The minimum absolute atomic E-state index is 0.216. The molecule has 15 heavy (non-hydrogen) atoms. The van der Waals surface area contributed by atoms with Gasteiger partial charge in [0, 0.05) is 4.90 Å². The lowest BCUT2D eigenvalue weighted by molar-refractivity contribution is 1.42. The fourth-order valence-electron chi connectivity index (χ4n) is 1.42. The largest absolute Gasteiger partial charge is 0.387 e. The topological polar surface area (TPSA) is 49.9 Å². The molecule has 0 heterocycles. The van der Waals surface area contributed by atoms with Crippen LogP contribution in [0.1, 0.15) is 0 Å². The highest BCUT2D eigenvalue weighted by atomic mass is 32.2. The van der Waals surface area contributed by atoms with Crippen LogP contribution in [0.5, 0.6) is 0 Å². The van der Waals surface area contributed by atoms with Crippen molar-refractivity contribution in [1.29, 1.82) is 5.41 Å². The van der Waals surface area contributed by atoms with Crippen LogP contribution >= 0.6 is 11.8 Å². The molecule has 0 radical (unpaired) electrons. The van der Waals surface area contributed by atoms with Crippen LogP contribution in [0, 0.1) is 5.41 Å². The van der Waals surface area contributed by atoms with Gasteiger partial charge in [-0.1, -0.05) is 30.3 Å². The van der Waals surface area contributed by atoms with Gasteiger partial charge < -0.3 is 5.73 Å². The average molecular weight is 216 g/mol. The van der Waals surface area contributed by atoms with Gasteiger partial charge in [-0.15, -0.1) is 11.8 Å². The summed E-state index contributed by atoms with van der Waals surface area (Å²) in [6.07, 6.45) is 0. The van der Waals surface area contributed by atoms with E-state index in [0.717, 1.165) is 4.90 Å². The number of benzene rings is 2. The Morgan fingerprint density at radius 3 is 2.60 bits per heavy atom. The first kappa shape index (κ1) is 10.1. The molecule has 0 aromatic heterocycles. The van der Waals surface area contributed by atoms with Crippen molar-refractivity contribution in [3.63, 3.8) is 0 Å². The number of rotatable bonds is 3. The van der Waals surface area contributed by atoms with Crippen molar-refractivity contribution < 1.29 is 0 Å². The smallest absolute Gasteiger partial charge is 0.101 e. The second kappa shape index (κ2) is 4.36. The van der Waals surface area contributed by atoms with Crippen molar-refractivity contribution in [2.75, 3.05) is 5.75 Å². The van der Waals surface area contributed by atoms with E-state index in [4.69, 9.17) is 11.1 Å². The molecule has 3 heteroatoms. The Morgan fingerprint density at radius 2 is 1.87 bits per heavy atom. The summed E-state index contributed by atoms with van der Waals surface area (Å²) < 4.78 is 0. The van der Waals surface area contributed by atoms with Crippen LogP contribution in [-0.4, -0.2) is 11.6 Å². The molecule has 0 aliphatic rings. The molecular weight excluding hydrogens is 204 g/mol. The first-order chi connectivity index (χ1) is 7.25. The van der Waals surface area contributed by atoms with Gasteiger partial charge in [0.1, 0.15) is 5.84 Å². The monoisotopic (exact) mass is 216 g/mol. The van der Waals surface area contributed by atoms with E-state index >= 15 is 0 Å². The maximum absolute atomic E-state index is 7.16. The van der Waals surface area contributed by atoms with Crippen LogP contribution in [0.2, 0.25) is 0 Å². The normalized spacial score (nSPS) is 10.4. The number of nitrogens with two attached hydrogens (primary N) is 1. The molecule has 0 saturated heterocycles. The summed E-state index contributed by atoms with van der Waals surface area (Å²) >= 11 is 1.59. The fourth-order valence-corrected chi connectivity index (χ4v) is 2.12.